The third kappa shape index (κ3) is 3.00. The van der Waals surface area contributed by atoms with Crippen molar-refractivity contribution in [2.75, 3.05) is 6.54 Å². The lowest BCUT2D eigenvalue weighted by atomic mass is 10.0. The fourth-order valence-corrected chi connectivity index (χ4v) is 3.76. The first-order chi connectivity index (χ1) is 12.2. The highest BCUT2D eigenvalue weighted by Gasteiger charge is 2.22. The van der Waals surface area contributed by atoms with E-state index in [4.69, 9.17) is 0 Å². The number of nitrogens with zero attached hydrogens (tertiary/aromatic N) is 2. The molecule has 0 saturated carbocycles. The number of aromatic nitrogens is 3. The van der Waals surface area contributed by atoms with Gasteiger partial charge in [-0.2, -0.15) is 0 Å². The molecule has 0 aliphatic carbocycles. The molecule has 130 valence electrons. The lowest BCUT2D eigenvalue weighted by Crippen LogP contribution is -2.35. The Morgan fingerprint density at radius 1 is 1.32 bits per heavy atom. The van der Waals surface area contributed by atoms with E-state index >= 15 is 0 Å². The molecule has 3 heterocycles. The average Bonchev–Trinajstić information content (AvgIpc) is 3.00. The van der Waals surface area contributed by atoms with Crippen LogP contribution in [0.25, 0.3) is 10.9 Å². The van der Waals surface area contributed by atoms with E-state index in [-0.39, 0.29) is 5.56 Å². The zero-order valence-electron chi connectivity index (χ0n) is 14.9. The van der Waals surface area contributed by atoms with Gasteiger partial charge in [-0.3, -0.25) is 9.69 Å². The third-order valence-electron chi connectivity index (χ3n) is 5.09. The van der Waals surface area contributed by atoms with Crippen LogP contribution in [0.3, 0.4) is 0 Å². The molecule has 0 unspecified atom stereocenters. The molecule has 0 saturated heterocycles. The zero-order valence-corrected chi connectivity index (χ0v) is 14.9. The summed E-state index contributed by atoms with van der Waals surface area (Å²) in [5, 5.41) is 1.27. The van der Waals surface area contributed by atoms with Crippen molar-refractivity contribution in [2.24, 2.45) is 0 Å². The molecule has 1 aliphatic heterocycles. The summed E-state index contributed by atoms with van der Waals surface area (Å²) in [5.74, 6) is 0.826. The molecule has 5 nitrogen and oxygen atoms in total. The van der Waals surface area contributed by atoms with Gasteiger partial charge in [0.25, 0.3) is 5.56 Å². The lowest BCUT2D eigenvalue weighted by Gasteiger charge is -2.27. The second-order valence-electron chi connectivity index (χ2n) is 6.96. The van der Waals surface area contributed by atoms with Gasteiger partial charge < -0.3 is 9.97 Å². The SMILES string of the molecule is CCCc1nc2c(c(=O)[nH]1)CN(Cc1c[nH]c3c(C)cccc13)CC2. The smallest absolute Gasteiger partial charge is 0.255 e. The molecule has 2 N–H and O–H groups in total. The Kier molecular flexibility index (Phi) is 4.17. The largest absolute Gasteiger partial charge is 0.361 e. The van der Waals surface area contributed by atoms with Gasteiger partial charge in [0.05, 0.1) is 11.3 Å². The Hall–Kier alpha value is -2.40. The van der Waals surface area contributed by atoms with Crippen molar-refractivity contribution in [1.29, 1.82) is 0 Å². The van der Waals surface area contributed by atoms with Gasteiger partial charge in [0, 0.05) is 49.6 Å². The van der Waals surface area contributed by atoms with Crippen molar-refractivity contribution in [3.8, 4) is 0 Å². The highest BCUT2D eigenvalue weighted by Crippen LogP contribution is 2.24. The van der Waals surface area contributed by atoms with E-state index in [0.717, 1.165) is 49.4 Å². The predicted octanol–water partition coefficient (Wildman–Crippen LogP) is 3.07. The number of nitrogens with one attached hydrogen (secondary N) is 2. The first-order valence-electron chi connectivity index (χ1n) is 9.04. The predicted molar refractivity (Wildman–Crippen MR) is 99.7 cm³/mol. The third-order valence-corrected chi connectivity index (χ3v) is 5.09. The van der Waals surface area contributed by atoms with Crippen molar-refractivity contribution in [3.63, 3.8) is 0 Å². The minimum absolute atomic E-state index is 0.0351. The molecule has 0 spiro atoms. The Bertz CT molecular complexity index is 969. The van der Waals surface area contributed by atoms with E-state index in [9.17, 15) is 4.79 Å². The molecule has 0 atom stereocenters. The Labute approximate surface area is 147 Å². The van der Waals surface area contributed by atoms with Gasteiger partial charge in [-0.15, -0.1) is 0 Å². The molecule has 25 heavy (non-hydrogen) atoms. The second kappa shape index (κ2) is 6.48. The lowest BCUT2D eigenvalue weighted by molar-refractivity contribution is 0.242. The van der Waals surface area contributed by atoms with E-state index in [0.29, 0.717) is 6.54 Å². The van der Waals surface area contributed by atoms with Gasteiger partial charge in [-0.05, 0) is 24.5 Å². The number of fused-ring (bicyclic) bond motifs is 2. The Morgan fingerprint density at radius 3 is 3.04 bits per heavy atom. The number of benzene rings is 1. The van der Waals surface area contributed by atoms with E-state index in [1.165, 1.54) is 22.0 Å². The van der Waals surface area contributed by atoms with E-state index in [1.807, 2.05) is 0 Å². The van der Waals surface area contributed by atoms with Gasteiger partial charge in [-0.1, -0.05) is 25.1 Å². The normalized spacial score (nSPS) is 14.8. The highest BCUT2D eigenvalue weighted by atomic mass is 16.1. The summed E-state index contributed by atoms with van der Waals surface area (Å²) < 4.78 is 0. The maximum atomic E-state index is 12.4. The highest BCUT2D eigenvalue weighted by molar-refractivity contribution is 5.85. The second-order valence-corrected chi connectivity index (χ2v) is 6.96. The number of hydrogen-bond acceptors (Lipinski definition) is 3. The number of rotatable bonds is 4. The number of aryl methyl sites for hydroxylation is 2. The minimum atomic E-state index is 0.0351. The molecule has 0 bridgehead atoms. The molecule has 2 aromatic heterocycles. The molecule has 3 aromatic rings. The van der Waals surface area contributed by atoms with Crippen LogP contribution in [0, 0.1) is 6.92 Å². The van der Waals surface area contributed by atoms with Crippen LogP contribution in [-0.2, 0) is 25.9 Å². The first kappa shape index (κ1) is 16.1. The molecule has 4 rings (SSSR count). The monoisotopic (exact) mass is 336 g/mol. The minimum Gasteiger partial charge on any atom is -0.361 e. The molecule has 0 radical (unpaired) electrons. The molecule has 5 heteroatoms. The van der Waals surface area contributed by atoms with Crippen LogP contribution in [0.15, 0.2) is 29.2 Å². The fourth-order valence-electron chi connectivity index (χ4n) is 3.76. The van der Waals surface area contributed by atoms with Crippen LogP contribution in [0.1, 0.15) is 41.6 Å². The number of aromatic amines is 2. The number of hydrogen-bond donors (Lipinski definition) is 2. The van der Waals surface area contributed by atoms with Crippen molar-refractivity contribution < 1.29 is 0 Å². The number of para-hydroxylation sites is 1. The molecular formula is C20H24N4O. The molecule has 1 aromatic carbocycles. The van der Waals surface area contributed by atoms with Crippen LogP contribution < -0.4 is 5.56 Å². The number of H-pyrrole nitrogens is 2. The quantitative estimate of drug-likeness (QED) is 0.769. The first-order valence-corrected chi connectivity index (χ1v) is 9.04. The van der Waals surface area contributed by atoms with Gasteiger partial charge in [-0.25, -0.2) is 4.98 Å². The molecule has 1 aliphatic rings. The van der Waals surface area contributed by atoms with Gasteiger partial charge in [0.2, 0.25) is 0 Å². The molecule has 0 fully saturated rings. The standard InChI is InChI=1S/C20H24N4O/c1-3-5-18-22-17-8-9-24(12-16(17)20(25)23-18)11-14-10-21-19-13(2)6-4-7-15(14)19/h4,6-7,10,21H,3,5,8-9,11-12H2,1-2H3,(H,22,23,25). The van der Waals surface area contributed by atoms with Crippen LogP contribution in [0.4, 0.5) is 0 Å². The van der Waals surface area contributed by atoms with Crippen LogP contribution in [-0.4, -0.2) is 26.4 Å². The maximum Gasteiger partial charge on any atom is 0.255 e. The van der Waals surface area contributed by atoms with Crippen molar-refractivity contribution in [1.82, 2.24) is 19.9 Å². The molecule has 0 amide bonds. The van der Waals surface area contributed by atoms with E-state index in [2.05, 4.69) is 58.1 Å². The van der Waals surface area contributed by atoms with Crippen LogP contribution in [0.5, 0.6) is 0 Å². The van der Waals surface area contributed by atoms with E-state index < -0.39 is 0 Å². The van der Waals surface area contributed by atoms with Crippen molar-refractivity contribution in [3.05, 3.63) is 63.0 Å². The summed E-state index contributed by atoms with van der Waals surface area (Å²) >= 11 is 0. The molecular weight excluding hydrogens is 312 g/mol. The topological polar surface area (TPSA) is 64.8 Å². The summed E-state index contributed by atoms with van der Waals surface area (Å²) in [6, 6.07) is 6.39. The summed E-state index contributed by atoms with van der Waals surface area (Å²) in [7, 11) is 0. The van der Waals surface area contributed by atoms with E-state index in [1.54, 1.807) is 0 Å². The van der Waals surface area contributed by atoms with Crippen LogP contribution >= 0.6 is 0 Å². The Balaban J connectivity index is 1.58. The summed E-state index contributed by atoms with van der Waals surface area (Å²) in [6.45, 7) is 6.68. The fraction of sp³-hybridized carbons (Fsp3) is 0.400. The Morgan fingerprint density at radius 2 is 2.20 bits per heavy atom. The van der Waals surface area contributed by atoms with Crippen LogP contribution in [0.2, 0.25) is 0 Å². The summed E-state index contributed by atoms with van der Waals surface area (Å²) in [5.41, 5.74) is 5.61. The van der Waals surface area contributed by atoms with Gasteiger partial charge >= 0.3 is 0 Å². The summed E-state index contributed by atoms with van der Waals surface area (Å²) in [6.07, 6.45) is 4.77. The summed E-state index contributed by atoms with van der Waals surface area (Å²) in [4.78, 5) is 25.8. The maximum absolute atomic E-state index is 12.4. The van der Waals surface area contributed by atoms with Crippen molar-refractivity contribution in [2.45, 2.75) is 46.2 Å². The van der Waals surface area contributed by atoms with Gasteiger partial charge in [0.15, 0.2) is 0 Å². The zero-order chi connectivity index (χ0) is 17.4. The average molecular weight is 336 g/mol. The van der Waals surface area contributed by atoms with Gasteiger partial charge in [0.1, 0.15) is 5.82 Å². The van der Waals surface area contributed by atoms with Crippen molar-refractivity contribution >= 4 is 10.9 Å².